The SMILES string of the molecule is COc1cc(C=CC=CC(=O)N2CCN(C(=O)C=CC=Cc3cc(OC)c(OC)c(OC)c3)C(CN)C2)cc(OC)c1OC. The van der Waals surface area contributed by atoms with Crippen molar-refractivity contribution < 1.29 is 38.0 Å². The molecule has 2 amide bonds. The van der Waals surface area contributed by atoms with Crippen molar-refractivity contribution in [3.63, 3.8) is 0 Å². The van der Waals surface area contributed by atoms with Gasteiger partial charge in [0.1, 0.15) is 0 Å². The number of benzene rings is 2. The lowest BCUT2D eigenvalue weighted by molar-refractivity contribution is -0.137. The third kappa shape index (κ3) is 8.35. The third-order valence-electron chi connectivity index (χ3n) is 7.00. The number of amides is 2. The predicted molar refractivity (Wildman–Crippen MR) is 170 cm³/mol. The summed E-state index contributed by atoms with van der Waals surface area (Å²) < 4.78 is 32.2. The van der Waals surface area contributed by atoms with E-state index in [4.69, 9.17) is 34.2 Å². The second-order valence-corrected chi connectivity index (χ2v) is 9.56. The summed E-state index contributed by atoms with van der Waals surface area (Å²) >= 11 is 0. The summed E-state index contributed by atoms with van der Waals surface area (Å²) in [6.07, 6.45) is 13.5. The minimum atomic E-state index is -0.299. The zero-order valence-electron chi connectivity index (χ0n) is 26.1. The fourth-order valence-corrected chi connectivity index (χ4v) is 4.75. The van der Waals surface area contributed by atoms with Crippen LogP contribution in [0.15, 0.2) is 60.7 Å². The standard InChI is InChI=1S/C33H41N3O8/c1-39-26-17-23(18-27(40-2)32(26)43-5)11-7-9-13-30(37)35-15-16-36(25(21-34)22-35)31(38)14-10-8-12-24-19-28(41-3)33(44-6)29(20-24)42-4/h7-14,17-20,25H,15-16,21-22,34H2,1-6H3. The molecule has 236 valence electrons. The van der Waals surface area contributed by atoms with Crippen molar-refractivity contribution in [3.8, 4) is 34.5 Å². The molecule has 2 N–H and O–H groups in total. The molecule has 0 saturated carbocycles. The van der Waals surface area contributed by atoms with Crippen LogP contribution in [0.1, 0.15) is 11.1 Å². The van der Waals surface area contributed by atoms with E-state index in [9.17, 15) is 9.59 Å². The molecule has 1 aliphatic heterocycles. The Bertz CT molecular complexity index is 1370. The molecule has 0 aliphatic carbocycles. The van der Waals surface area contributed by atoms with Crippen molar-refractivity contribution in [1.82, 2.24) is 9.80 Å². The van der Waals surface area contributed by atoms with E-state index in [-0.39, 0.29) is 24.4 Å². The topological polar surface area (TPSA) is 122 Å². The molecule has 0 aromatic heterocycles. The molecule has 1 saturated heterocycles. The van der Waals surface area contributed by atoms with Crippen LogP contribution in [0.25, 0.3) is 12.2 Å². The molecule has 1 unspecified atom stereocenters. The van der Waals surface area contributed by atoms with E-state index in [2.05, 4.69) is 0 Å². The number of allylic oxidation sites excluding steroid dienone is 4. The number of hydrogen-bond donors (Lipinski definition) is 1. The van der Waals surface area contributed by atoms with E-state index in [1.165, 1.54) is 12.2 Å². The molecule has 0 bridgehead atoms. The zero-order chi connectivity index (χ0) is 32.1. The highest BCUT2D eigenvalue weighted by Gasteiger charge is 2.30. The first-order valence-electron chi connectivity index (χ1n) is 13.9. The maximum Gasteiger partial charge on any atom is 0.246 e. The summed E-state index contributed by atoms with van der Waals surface area (Å²) in [5.74, 6) is 2.83. The van der Waals surface area contributed by atoms with E-state index in [0.717, 1.165) is 11.1 Å². The maximum absolute atomic E-state index is 13.0. The first-order chi connectivity index (χ1) is 21.3. The van der Waals surface area contributed by atoms with Gasteiger partial charge in [0, 0.05) is 38.3 Å². The van der Waals surface area contributed by atoms with Gasteiger partial charge in [-0.1, -0.05) is 36.5 Å². The smallest absolute Gasteiger partial charge is 0.246 e. The monoisotopic (exact) mass is 607 g/mol. The highest BCUT2D eigenvalue weighted by molar-refractivity contribution is 5.90. The van der Waals surface area contributed by atoms with Crippen molar-refractivity contribution >= 4 is 24.0 Å². The Morgan fingerprint density at radius 2 is 1.11 bits per heavy atom. The van der Waals surface area contributed by atoms with Crippen molar-refractivity contribution in [1.29, 1.82) is 0 Å². The molecular weight excluding hydrogens is 566 g/mol. The molecule has 11 nitrogen and oxygen atoms in total. The molecule has 0 spiro atoms. The van der Waals surface area contributed by atoms with E-state index < -0.39 is 0 Å². The molecule has 1 aliphatic rings. The molecule has 44 heavy (non-hydrogen) atoms. The lowest BCUT2D eigenvalue weighted by Crippen LogP contribution is -2.58. The summed E-state index contributed by atoms with van der Waals surface area (Å²) in [5.41, 5.74) is 7.63. The first kappa shape index (κ1) is 33.6. The van der Waals surface area contributed by atoms with Crippen LogP contribution >= 0.6 is 0 Å². The summed E-state index contributed by atoms with van der Waals surface area (Å²) in [4.78, 5) is 29.2. The Morgan fingerprint density at radius 1 is 0.682 bits per heavy atom. The lowest BCUT2D eigenvalue weighted by Gasteiger charge is -2.40. The van der Waals surface area contributed by atoms with Gasteiger partial charge in [0.15, 0.2) is 23.0 Å². The molecule has 1 fully saturated rings. The number of nitrogens with zero attached hydrogens (tertiary/aromatic N) is 2. The van der Waals surface area contributed by atoms with Gasteiger partial charge in [0.2, 0.25) is 23.3 Å². The number of nitrogens with two attached hydrogens (primary N) is 1. The molecule has 3 rings (SSSR count). The number of hydrogen-bond acceptors (Lipinski definition) is 9. The number of rotatable bonds is 13. The van der Waals surface area contributed by atoms with Crippen LogP contribution < -0.4 is 34.2 Å². The van der Waals surface area contributed by atoms with Gasteiger partial charge >= 0.3 is 0 Å². The molecule has 0 radical (unpaired) electrons. The van der Waals surface area contributed by atoms with Crippen LogP contribution in [0.4, 0.5) is 0 Å². The number of carbonyl (C=O) groups excluding carboxylic acids is 2. The first-order valence-corrected chi connectivity index (χ1v) is 13.9. The Hall–Kier alpha value is -4.90. The highest BCUT2D eigenvalue weighted by Crippen LogP contribution is 2.39. The minimum absolute atomic E-state index is 0.158. The summed E-state index contributed by atoms with van der Waals surface area (Å²) in [6.45, 7) is 1.35. The van der Waals surface area contributed by atoms with Gasteiger partial charge in [0.25, 0.3) is 0 Å². The molecule has 2 aromatic rings. The van der Waals surface area contributed by atoms with Gasteiger partial charge in [-0.05, 0) is 35.4 Å². The number of methoxy groups -OCH3 is 6. The Labute approximate surface area is 258 Å². The van der Waals surface area contributed by atoms with Gasteiger partial charge in [-0.15, -0.1) is 0 Å². The third-order valence-corrected chi connectivity index (χ3v) is 7.00. The Kier molecular flexibility index (Phi) is 12.7. The van der Waals surface area contributed by atoms with Gasteiger partial charge in [-0.3, -0.25) is 9.59 Å². The van der Waals surface area contributed by atoms with Gasteiger partial charge in [-0.2, -0.15) is 0 Å². The van der Waals surface area contributed by atoms with E-state index in [0.29, 0.717) is 54.1 Å². The van der Waals surface area contributed by atoms with E-state index in [1.54, 1.807) is 76.8 Å². The van der Waals surface area contributed by atoms with Crippen molar-refractivity contribution in [3.05, 3.63) is 71.8 Å². The fraction of sp³-hybridized carbons (Fsp3) is 0.333. The van der Waals surface area contributed by atoms with Crippen LogP contribution in [-0.2, 0) is 9.59 Å². The molecule has 2 aromatic carbocycles. The largest absolute Gasteiger partial charge is 0.493 e. The molecule has 1 heterocycles. The van der Waals surface area contributed by atoms with Gasteiger partial charge < -0.3 is 44.0 Å². The normalized spacial score (nSPS) is 15.4. The van der Waals surface area contributed by atoms with Crippen LogP contribution in [0.5, 0.6) is 34.5 Å². The number of carbonyl (C=O) groups is 2. The lowest BCUT2D eigenvalue weighted by atomic mass is 10.1. The zero-order valence-corrected chi connectivity index (χ0v) is 26.1. The summed E-state index contributed by atoms with van der Waals surface area (Å²) in [6, 6.07) is 6.95. The number of ether oxygens (including phenoxy) is 6. The van der Waals surface area contributed by atoms with Crippen LogP contribution in [0.3, 0.4) is 0 Å². The predicted octanol–water partition coefficient (Wildman–Crippen LogP) is 3.58. The van der Waals surface area contributed by atoms with Crippen molar-refractivity contribution in [2.24, 2.45) is 5.73 Å². The average molecular weight is 608 g/mol. The average Bonchev–Trinajstić information content (AvgIpc) is 3.06. The Morgan fingerprint density at radius 3 is 1.50 bits per heavy atom. The summed E-state index contributed by atoms with van der Waals surface area (Å²) in [5, 5.41) is 0. The van der Waals surface area contributed by atoms with Crippen LogP contribution in [0.2, 0.25) is 0 Å². The molecule has 1 atom stereocenters. The van der Waals surface area contributed by atoms with Crippen LogP contribution in [0, 0.1) is 0 Å². The van der Waals surface area contributed by atoms with Gasteiger partial charge in [-0.25, -0.2) is 0 Å². The second kappa shape index (κ2) is 16.7. The van der Waals surface area contributed by atoms with Crippen LogP contribution in [-0.4, -0.2) is 96.5 Å². The Balaban J connectivity index is 1.59. The minimum Gasteiger partial charge on any atom is -0.493 e. The van der Waals surface area contributed by atoms with Crippen molar-refractivity contribution in [2.75, 3.05) is 68.8 Å². The fourth-order valence-electron chi connectivity index (χ4n) is 4.75. The van der Waals surface area contributed by atoms with Gasteiger partial charge in [0.05, 0.1) is 48.7 Å². The van der Waals surface area contributed by atoms with E-state index in [1.807, 2.05) is 36.4 Å². The molecular formula is C33H41N3O8. The van der Waals surface area contributed by atoms with Crippen molar-refractivity contribution in [2.45, 2.75) is 6.04 Å². The quantitative estimate of drug-likeness (QED) is 0.269. The second-order valence-electron chi connectivity index (χ2n) is 9.56. The number of piperazine rings is 1. The van der Waals surface area contributed by atoms with E-state index >= 15 is 0 Å². The summed E-state index contributed by atoms with van der Waals surface area (Å²) in [7, 11) is 9.31. The maximum atomic E-state index is 13.0. The highest BCUT2D eigenvalue weighted by atomic mass is 16.5. The molecule has 11 heteroatoms.